The number of carbonyl (C=O) groups is 2. The summed E-state index contributed by atoms with van der Waals surface area (Å²) in [5.41, 5.74) is 0.538. The largest absolute Gasteiger partial charge is 0.475 e. The second-order valence-electron chi connectivity index (χ2n) is 7.07. The summed E-state index contributed by atoms with van der Waals surface area (Å²) in [4.78, 5) is 37.1. The molecule has 0 saturated heterocycles. The second-order valence-corrected chi connectivity index (χ2v) is 7.07. The van der Waals surface area contributed by atoms with E-state index in [9.17, 15) is 19.7 Å². The first-order valence-electron chi connectivity index (χ1n) is 9.95. The first-order chi connectivity index (χ1) is 14.6. The normalized spacial score (nSPS) is 14.0. The Balaban J connectivity index is 1.58. The molecule has 0 aliphatic heterocycles. The molecule has 1 amide bonds. The average Bonchev–Trinajstić information content (AvgIpc) is 2.78. The van der Waals surface area contributed by atoms with E-state index in [1.807, 2.05) is 30.3 Å². The molecule has 0 radical (unpaired) electrons. The molecule has 0 N–H and O–H groups in total. The Hall–Kier alpha value is -3.42. The van der Waals surface area contributed by atoms with Crippen LogP contribution < -0.4 is 9.64 Å². The zero-order valence-electron chi connectivity index (χ0n) is 16.6. The molecule has 3 rings (SSSR count). The number of carbonyl (C=O) groups excluding carboxylic acids is 2. The number of amides is 1. The summed E-state index contributed by atoms with van der Waals surface area (Å²) >= 11 is 0. The minimum atomic E-state index is -0.766. The third kappa shape index (κ3) is 5.56. The zero-order chi connectivity index (χ0) is 21.3. The van der Waals surface area contributed by atoms with Crippen LogP contribution in [0.15, 0.2) is 54.6 Å². The second kappa shape index (κ2) is 10.4. The zero-order valence-corrected chi connectivity index (χ0v) is 16.6. The molecular weight excluding hydrogens is 388 g/mol. The molecule has 1 fully saturated rings. The Morgan fingerprint density at radius 3 is 2.33 bits per heavy atom. The van der Waals surface area contributed by atoms with Gasteiger partial charge in [-0.1, -0.05) is 49.6 Å². The van der Waals surface area contributed by atoms with Crippen LogP contribution in [-0.4, -0.2) is 36.1 Å². The van der Waals surface area contributed by atoms with Gasteiger partial charge in [0.1, 0.15) is 0 Å². The van der Waals surface area contributed by atoms with Crippen LogP contribution in [0.25, 0.3) is 0 Å². The van der Waals surface area contributed by atoms with Crippen molar-refractivity contribution in [3.8, 4) is 5.75 Å². The van der Waals surface area contributed by atoms with E-state index in [1.165, 1.54) is 18.2 Å². The average molecular weight is 412 g/mol. The van der Waals surface area contributed by atoms with Crippen LogP contribution in [-0.2, 0) is 14.3 Å². The minimum Gasteiger partial charge on any atom is -0.475 e. The molecule has 8 nitrogen and oxygen atoms in total. The van der Waals surface area contributed by atoms with Gasteiger partial charge in [0.15, 0.2) is 19.0 Å². The lowest BCUT2D eigenvalue weighted by atomic mass is 9.93. The highest BCUT2D eigenvalue weighted by Gasteiger charge is 2.27. The Labute approximate surface area is 174 Å². The SMILES string of the molecule is O=C(COc1ccccc1[N+](=O)[O-])OCC(=O)N(c1ccccc1)C1CCCCC1. The van der Waals surface area contributed by atoms with Crippen molar-refractivity contribution < 1.29 is 24.0 Å². The van der Waals surface area contributed by atoms with E-state index in [0.29, 0.717) is 0 Å². The summed E-state index contributed by atoms with van der Waals surface area (Å²) in [5.74, 6) is -1.09. The fraction of sp³-hybridized carbons (Fsp3) is 0.364. The van der Waals surface area contributed by atoms with Crippen LogP contribution in [0.5, 0.6) is 5.75 Å². The van der Waals surface area contributed by atoms with Crippen molar-refractivity contribution in [3.63, 3.8) is 0 Å². The standard InChI is InChI=1S/C22H24N2O6/c25-21(23(17-9-3-1-4-10-17)18-11-5-2-6-12-18)15-30-22(26)16-29-20-14-8-7-13-19(20)24(27)28/h1,3-4,7-10,13-14,18H,2,5-6,11-12,15-16H2. The van der Waals surface area contributed by atoms with Gasteiger partial charge in [-0.15, -0.1) is 0 Å². The Morgan fingerprint density at radius 2 is 1.63 bits per heavy atom. The molecule has 158 valence electrons. The third-order valence-electron chi connectivity index (χ3n) is 5.01. The van der Waals surface area contributed by atoms with Gasteiger partial charge < -0.3 is 14.4 Å². The molecule has 30 heavy (non-hydrogen) atoms. The van der Waals surface area contributed by atoms with Crippen molar-refractivity contribution in [1.29, 1.82) is 0 Å². The van der Waals surface area contributed by atoms with E-state index in [-0.39, 0.29) is 23.4 Å². The van der Waals surface area contributed by atoms with Gasteiger partial charge in [0.05, 0.1) is 4.92 Å². The molecule has 0 atom stereocenters. The lowest BCUT2D eigenvalue weighted by molar-refractivity contribution is -0.385. The predicted octanol–water partition coefficient (Wildman–Crippen LogP) is 3.88. The summed E-state index contributed by atoms with van der Waals surface area (Å²) in [7, 11) is 0. The number of ether oxygens (including phenoxy) is 2. The summed E-state index contributed by atoms with van der Waals surface area (Å²) in [5, 5.41) is 11.0. The molecule has 0 aromatic heterocycles. The lowest BCUT2D eigenvalue weighted by Gasteiger charge is -2.34. The maximum Gasteiger partial charge on any atom is 0.344 e. The predicted molar refractivity (Wildman–Crippen MR) is 110 cm³/mol. The Bertz CT molecular complexity index is 880. The highest BCUT2D eigenvalue weighted by Crippen LogP contribution is 2.28. The Kier molecular flexibility index (Phi) is 7.37. The smallest absolute Gasteiger partial charge is 0.344 e. The lowest BCUT2D eigenvalue weighted by Crippen LogP contribution is -2.44. The van der Waals surface area contributed by atoms with Crippen LogP contribution in [0, 0.1) is 10.1 Å². The Morgan fingerprint density at radius 1 is 0.967 bits per heavy atom. The number of nitrogens with zero attached hydrogens (tertiary/aromatic N) is 2. The summed E-state index contributed by atoms with van der Waals surface area (Å²) in [6, 6.07) is 15.2. The van der Waals surface area contributed by atoms with Gasteiger partial charge in [0.2, 0.25) is 0 Å². The van der Waals surface area contributed by atoms with Gasteiger partial charge in [-0.3, -0.25) is 14.9 Å². The van der Waals surface area contributed by atoms with E-state index < -0.39 is 24.1 Å². The van der Waals surface area contributed by atoms with Gasteiger partial charge in [-0.2, -0.15) is 0 Å². The minimum absolute atomic E-state index is 0.0288. The number of benzene rings is 2. The van der Waals surface area contributed by atoms with Crippen molar-refractivity contribution in [2.75, 3.05) is 18.1 Å². The fourth-order valence-corrected chi connectivity index (χ4v) is 3.61. The first-order valence-corrected chi connectivity index (χ1v) is 9.95. The van der Waals surface area contributed by atoms with E-state index in [4.69, 9.17) is 9.47 Å². The topological polar surface area (TPSA) is 99.0 Å². The van der Waals surface area contributed by atoms with E-state index in [1.54, 1.807) is 11.0 Å². The molecule has 0 unspecified atom stereocenters. The fourth-order valence-electron chi connectivity index (χ4n) is 3.61. The van der Waals surface area contributed by atoms with Crippen molar-refractivity contribution in [1.82, 2.24) is 0 Å². The molecule has 8 heteroatoms. The summed E-state index contributed by atoms with van der Waals surface area (Å²) in [6.07, 6.45) is 5.10. The monoisotopic (exact) mass is 412 g/mol. The quantitative estimate of drug-likeness (QED) is 0.371. The number of hydrogen-bond donors (Lipinski definition) is 0. The molecule has 2 aromatic rings. The number of hydrogen-bond acceptors (Lipinski definition) is 6. The molecule has 0 spiro atoms. The number of nitro benzene ring substituents is 1. The van der Waals surface area contributed by atoms with Gasteiger partial charge in [-0.05, 0) is 31.0 Å². The molecule has 2 aromatic carbocycles. The molecule has 1 aliphatic rings. The van der Waals surface area contributed by atoms with Gasteiger partial charge in [0.25, 0.3) is 5.91 Å². The number of esters is 1. The van der Waals surface area contributed by atoms with Crippen LogP contribution in [0.2, 0.25) is 0 Å². The molecular formula is C22H24N2O6. The van der Waals surface area contributed by atoms with Crippen LogP contribution in [0.4, 0.5) is 11.4 Å². The van der Waals surface area contributed by atoms with Crippen LogP contribution >= 0.6 is 0 Å². The van der Waals surface area contributed by atoms with E-state index in [0.717, 1.165) is 37.8 Å². The first kappa shape index (κ1) is 21.3. The highest BCUT2D eigenvalue weighted by atomic mass is 16.6. The summed E-state index contributed by atoms with van der Waals surface area (Å²) in [6.45, 7) is -0.933. The number of rotatable bonds is 8. The maximum atomic E-state index is 12.9. The van der Waals surface area contributed by atoms with Gasteiger partial charge >= 0.3 is 11.7 Å². The number of anilines is 1. The number of nitro groups is 1. The van der Waals surface area contributed by atoms with E-state index >= 15 is 0 Å². The third-order valence-corrected chi connectivity index (χ3v) is 5.01. The van der Waals surface area contributed by atoms with E-state index in [2.05, 4.69) is 0 Å². The van der Waals surface area contributed by atoms with Crippen LogP contribution in [0.3, 0.4) is 0 Å². The van der Waals surface area contributed by atoms with Crippen molar-refractivity contribution in [2.45, 2.75) is 38.1 Å². The number of para-hydroxylation sites is 3. The molecule has 1 saturated carbocycles. The van der Waals surface area contributed by atoms with Crippen molar-refractivity contribution in [3.05, 3.63) is 64.7 Å². The molecule has 1 aliphatic carbocycles. The van der Waals surface area contributed by atoms with Crippen LogP contribution in [0.1, 0.15) is 32.1 Å². The summed E-state index contributed by atoms with van der Waals surface area (Å²) < 4.78 is 10.3. The molecule has 0 bridgehead atoms. The maximum absolute atomic E-state index is 12.9. The van der Waals surface area contributed by atoms with Crippen molar-refractivity contribution in [2.24, 2.45) is 0 Å². The van der Waals surface area contributed by atoms with Crippen molar-refractivity contribution >= 4 is 23.3 Å². The highest BCUT2D eigenvalue weighted by molar-refractivity contribution is 5.95. The van der Waals surface area contributed by atoms with Gasteiger partial charge in [-0.25, -0.2) is 4.79 Å². The van der Waals surface area contributed by atoms with Gasteiger partial charge in [0, 0.05) is 17.8 Å². The molecule has 0 heterocycles.